The Hall–Kier alpha value is -0.520. The van der Waals surface area contributed by atoms with Crippen molar-refractivity contribution in [2.45, 2.75) is 65.7 Å². The Balaban J connectivity index is 3.36. The van der Waals surface area contributed by atoms with E-state index in [1.807, 2.05) is 0 Å². The number of rotatable bonds is 9. The molecule has 0 radical (unpaired) electrons. The molecule has 0 heterocycles. The fraction of sp³-hybridized carbons (Fsp3) is 0.733. The zero-order chi connectivity index (χ0) is 11.4. The quantitative estimate of drug-likeness (QED) is 0.346. The van der Waals surface area contributed by atoms with Crippen LogP contribution >= 0.6 is 0 Å². The summed E-state index contributed by atoms with van der Waals surface area (Å²) in [7, 11) is 0. The van der Waals surface area contributed by atoms with Gasteiger partial charge in [0.05, 0.1) is 0 Å². The highest BCUT2D eigenvalue weighted by Crippen LogP contribution is 2.12. The van der Waals surface area contributed by atoms with Gasteiger partial charge in [-0.25, -0.2) is 0 Å². The normalized spacial score (nSPS) is 14.1. The molecule has 0 nitrogen and oxygen atoms in total. The molecule has 0 heteroatoms. The van der Waals surface area contributed by atoms with Crippen molar-refractivity contribution in [3.05, 3.63) is 24.3 Å². The van der Waals surface area contributed by atoms with Crippen molar-refractivity contribution in [2.24, 2.45) is 5.92 Å². The van der Waals surface area contributed by atoms with E-state index < -0.39 is 0 Å². The molecule has 1 atom stereocenters. The lowest BCUT2D eigenvalue weighted by atomic mass is 10.0. The van der Waals surface area contributed by atoms with Crippen molar-refractivity contribution in [1.82, 2.24) is 0 Å². The third-order valence-electron chi connectivity index (χ3n) is 2.69. The van der Waals surface area contributed by atoms with Gasteiger partial charge in [0.25, 0.3) is 0 Å². The van der Waals surface area contributed by atoms with Crippen LogP contribution in [0.5, 0.6) is 0 Å². The average Bonchev–Trinajstić information content (AvgIpc) is 2.24. The van der Waals surface area contributed by atoms with Crippen LogP contribution in [0.4, 0.5) is 0 Å². The first-order chi connectivity index (χ1) is 7.31. The molecule has 0 aromatic carbocycles. The van der Waals surface area contributed by atoms with E-state index in [1.54, 1.807) is 0 Å². The molecular formula is C15H28. The summed E-state index contributed by atoms with van der Waals surface area (Å²) in [5.74, 6) is 0.744. The third-order valence-corrected chi connectivity index (χ3v) is 2.69. The van der Waals surface area contributed by atoms with Crippen molar-refractivity contribution >= 4 is 0 Å². The van der Waals surface area contributed by atoms with Crippen molar-refractivity contribution in [3.8, 4) is 0 Å². The Kier molecular flexibility index (Phi) is 11.2. The molecule has 88 valence electrons. The Morgan fingerprint density at radius 1 is 0.933 bits per heavy atom. The fourth-order valence-corrected chi connectivity index (χ4v) is 1.63. The lowest BCUT2D eigenvalue weighted by molar-refractivity contribution is 0.550. The molecular weight excluding hydrogens is 180 g/mol. The fourth-order valence-electron chi connectivity index (χ4n) is 1.63. The van der Waals surface area contributed by atoms with E-state index in [1.165, 1.54) is 38.5 Å². The summed E-state index contributed by atoms with van der Waals surface area (Å²) in [6, 6.07) is 0. The molecule has 0 fully saturated rings. The second-order valence-electron chi connectivity index (χ2n) is 4.40. The zero-order valence-corrected chi connectivity index (χ0v) is 10.8. The van der Waals surface area contributed by atoms with Crippen LogP contribution in [0.25, 0.3) is 0 Å². The Morgan fingerprint density at radius 3 is 2.33 bits per heavy atom. The van der Waals surface area contributed by atoms with Crippen molar-refractivity contribution in [3.63, 3.8) is 0 Å². The SMILES string of the molecule is CC/C=C/C=C/C(C)CCCCCCC. The van der Waals surface area contributed by atoms with Crippen LogP contribution in [-0.4, -0.2) is 0 Å². The maximum atomic E-state index is 2.33. The molecule has 0 spiro atoms. The van der Waals surface area contributed by atoms with Crippen molar-refractivity contribution in [2.75, 3.05) is 0 Å². The Labute approximate surface area is 96.5 Å². The largest absolute Gasteiger partial charge is 0.0848 e. The Morgan fingerprint density at radius 2 is 1.67 bits per heavy atom. The van der Waals surface area contributed by atoms with Crippen LogP contribution < -0.4 is 0 Å². The van der Waals surface area contributed by atoms with E-state index >= 15 is 0 Å². The van der Waals surface area contributed by atoms with Gasteiger partial charge in [-0.1, -0.05) is 77.2 Å². The number of hydrogen-bond acceptors (Lipinski definition) is 0. The minimum absolute atomic E-state index is 0.744. The van der Waals surface area contributed by atoms with Gasteiger partial charge in [0.1, 0.15) is 0 Å². The van der Waals surface area contributed by atoms with Gasteiger partial charge < -0.3 is 0 Å². The average molecular weight is 208 g/mol. The predicted octanol–water partition coefficient (Wildman–Crippen LogP) is 5.51. The Bertz CT molecular complexity index is 165. The summed E-state index contributed by atoms with van der Waals surface area (Å²) in [6.07, 6.45) is 18.3. The van der Waals surface area contributed by atoms with Gasteiger partial charge in [0.2, 0.25) is 0 Å². The molecule has 0 saturated heterocycles. The van der Waals surface area contributed by atoms with Crippen molar-refractivity contribution < 1.29 is 0 Å². The highest BCUT2D eigenvalue weighted by Gasteiger charge is 1.95. The summed E-state index contributed by atoms with van der Waals surface area (Å²) >= 11 is 0. The molecule has 0 amide bonds. The van der Waals surface area contributed by atoms with E-state index in [2.05, 4.69) is 45.1 Å². The van der Waals surface area contributed by atoms with Gasteiger partial charge in [0, 0.05) is 0 Å². The van der Waals surface area contributed by atoms with Gasteiger partial charge in [0.15, 0.2) is 0 Å². The molecule has 0 rings (SSSR count). The van der Waals surface area contributed by atoms with E-state index in [4.69, 9.17) is 0 Å². The van der Waals surface area contributed by atoms with Crippen LogP contribution in [0.3, 0.4) is 0 Å². The molecule has 0 saturated carbocycles. The summed E-state index contributed by atoms with van der Waals surface area (Å²) < 4.78 is 0. The summed E-state index contributed by atoms with van der Waals surface area (Å²) in [5, 5.41) is 0. The monoisotopic (exact) mass is 208 g/mol. The molecule has 0 aromatic heterocycles. The van der Waals surface area contributed by atoms with Crippen LogP contribution in [0, 0.1) is 5.92 Å². The second-order valence-corrected chi connectivity index (χ2v) is 4.40. The minimum Gasteiger partial charge on any atom is -0.0848 e. The first-order valence-electron chi connectivity index (χ1n) is 6.64. The second kappa shape index (κ2) is 11.6. The zero-order valence-electron chi connectivity index (χ0n) is 10.8. The number of hydrogen-bond donors (Lipinski definition) is 0. The maximum absolute atomic E-state index is 2.33. The predicted molar refractivity (Wildman–Crippen MR) is 71.1 cm³/mol. The van der Waals surface area contributed by atoms with Gasteiger partial charge in [-0.2, -0.15) is 0 Å². The van der Waals surface area contributed by atoms with Gasteiger partial charge >= 0.3 is 0 Å². The minimum atomic E-state index is 0.744. The molecule has 0 aliphatic heterocycles. The summed E-state index contributed by atoms with van der Waals surface area (Å²) in [4.78, 5) is 0. The standard InChI is InChI=1S/C15H28/c1-4-6-8-10-12-14-15(3)13-11-9-7-5-2/h7,9,11,13,15H,4-6,8,10,12,14H2,1-3H3/b9-7+,13-11+. The molecule has 15 heavy (non-hydrogen) atoms. The van der Waals surface area contributed by atoms with E-state index in [0.717, 1.165) is 12.3 Å². The van der Waals surface area contributed by atoms with E-state index in [-0.39, 0.29) is 0 Å². The number of unbranched alkanes of at least 4 members (excludes halogenated alkanes) is 4. The molecule has 0 aliphatic rings. The van der Waals surface area contributed by atoms with E-state index in [0.29, 0.717) is 0 Å². The van der Waals surface area contributed by atoms with E-state index in [9.17, 15) is 0 Å². The smallest absolute Gasteiger partial charge is 0.0259 e. The van der Waals surface area contributed by atoms with Crippen LogP contribution in [0.2, 0.25) is 0 Å². The molecule has 0 bridgehead atoms. The third kappa shape index (κ3) is 11.4. The molecule has 0 aliphatic carbocycles. The first kappa shape index (κ1) is 14.5. The first-order valence-corrected chi connectivity index (χ1v) is 6.64. The van der Waals surface area contributed by atoms with Crippen molar-refractivity contribution in [1.29, 1.82) is 0 Å². The van der Waals surface area contributed by atoms with Gasteiger partial charge in [-0.3, -0.25) is 0 Å². The highest BCUT2D eigenvalue weighted by molar-refractivity contribution is 5.03. The lowest BCUT2D eigenvalue weighted by Crippen LogP contribution is -1.89. The lowest BCUT2D eigenvalue weighted by Gasteiger charge is -2.04. The highest BCUT2D eigenvalue weighted by atomic mass is 14.0. The molecule has 1 unspecified atom stereocenters. The molecule has 0 N–H and O–H groups in total. The van der Waals surface area contributed by atoms with Crippen LogP contribution in [-0.2, 0) is 0 Å². The summed E-state index contributed by atoms with van der Waals surface area (Å²) in [6.45, 7) is 6.75. The maximum Gasteiger partial charge on any atom is -0.0259 e. The van der Waals surface area contributed by atoms with Crippen LogP contribution in [0.15, 0.2) is 24.3 Å². The van der Waals surface area contributed by atoms with Gasteiger partial charge in [-0.15, -0.1) is 0 Å². The summed E-state index contributed by atoms with van der Waals surface area (Å²) in [5.41, 5.74) is 0. The topological polar surface area (TPSA) is 0 Å². The molecule has 0 aromatic rings. The van der Waals surface area contributed by atoms with Gasteiger partial charge in [-0.05, 0) is 18.8 Å². The number of allylic oxidation sites excluding steroid dienone is 4. The van der Waals surface area contributed by atoms with Crippen LogP contribution in [0.1, 0.15) is 65.7 Å².